The van der Waals surface area contributed by atoms with Crippen LogP contribution in [-0.2, 0) is 4.79 Å². The molecule has 19 heavy (non-hydrogen) atoms. The van der Waals surface area contributed by atoms with E-state index in [0.29, 0.717) is 12.8 Å². The number of nitrogens with one attached hydrogen (secondary N) is 1. The topological polar surface area (TPSA) is 49.3 Å². The van der Waals surface area contributed by atoms with Gasteiger partial charge in [0.2, 0.25) is 11.8 Å². The molecule has 0 bridgehead atoms. The van der Waals surface area contributed by atoms with Crippen LogP contribution in [0.4, 0.5) is 26.3 Å². The summed E-state index contributed by atoms with van der Waals surface area (Å²) in [5.41, 5.74) is 0. The smallest absolute Gasteiger partial charge is 0.393 e. The second-order valence-corrected chi connectivity index (χ2v) is 4.59. The summed E-state index contributed by atoms with van der Waals surface area (Å²) >= 11 is 0. The minimum Gasteiger partial charge on any atom is -0.393 e. The van der Waals surface area contributed by atoms with Crippen molar-refractivity contribution in [3.05, 3.63) is 0 Å². The van der Waals surface area contributed by atoms with Crippen LogP contribution in [-0.4, -0.2) is 36.0 Å². The molecular weight excluding hydrogens is 280 g/mol. The predicted molar refractivity (Wildman–Crippen MR) is 52.0 cm³/mol. The Balaban J connectivity index is 2.59. The van der Waals surface area contributed by atoms with E-state index in [1.165, 1.54) is 0 Å². The number of amides is 1. The molecular formula is C10H13F6NO2. The highest BCUT2D eigenvalue weighted by Crippen LogP contribution is 2.39. The Hall–Kier alpha value is -0.990. The van der Waals surface area contributed by atoms with E-state index in [2.05, 4.69) is 0 Å². The molecule has 112 valence electrons. The molecule has 1 rings (SSSR count). The first-order valence-electron chi connectivity index (χ1n) is 5.61. The van der Waals surface area contributed by atoms with Crippen LogP contribution in [0.25, 0.3) is 0 Å². The van der Waals surface area contributed by atoms with E-state index in [-0.39, 0.29) is 18.9 Å². The summed E-state index contributed by atoms with van der Waals surface area (Å²) in [6.07, 6.45) is -10.8. The van der Waals surface area contributed by atoms with Crippen LogP contribution < -0.4 is 5.32 Å². The molecule has 9 heteroatoms. The van der Waals surface area contributed by atoms with Gasteiger partial charge in [-0.1, -0.05) is 0 Å². The molecule has 1 amide bonds. The minimum absolute atomic E-state index is 0.267. The third-order valence-electron chi connectivity index (χ3n) is 3.00. The summed E-state index contributed by atoms with van der Waals surface area (Å²) in [6.45, 7) is -0.293. The normalized spacial score (nSPS) is 24.8. The van der Waals surface area contributed by atoms with E-state index in [9.17, 15) is 31.1 Å². The fourth-order valence-corrected chi connectivity index (χ4v) is 2.06. The number of halogens is 6. The summed E-state index contributed by atoms with van der Waals surface area (Å²) in [6, 6.07) is 0. The maximum absolute atomic E-state index is 12.2. The predicted octanol–water partition coefficient (Wildman–Crippen LogP) is 2.00. The Morgan fingerprint density at radius 1 is 1.16 bits per heavy atom. The summed E-state index contributed by atoms with van der Waals surface area (Å²) in [4.78, 5) is 11.1. The van der Waals surface area contributed by atoms with Crippen LogP contribution in [0.5, 0.6) is 0 Å². The Kier molecular flexibility index (Phi) is 4.70. The molecule has 0 aromatic rings. The zero-order valence-electron chi connectivity index (χ0n) is 9.68. The number of carbonyl (C=O) groups excluding carboxylic acids is 1. The van der Waals surface area contributed by atoms with Crippen LogP contribution >= 0.6 is 0 Å². The summed E-state index contributed by atoms with van der Waals surface area (Å²) in [5, 5.41) is 10.8. The van der Waals surface area contributed by atoms with E-state index in [1.807, 2.05) is 0 Å². The van der Waals surface area contributed by atoms with Crippen molar-refractivity contribution in [2.45, 2.75) is 37.7 Å². The van der Waals surface area contributed by atoms with Gasteiger partial charge in [-0.05, 0) is 25.2 Å². The molecule has 1 fully saturated rings. The average molecular weight is 293 g/mol. The van der Waals surface area contributed by atoms with Crippen molar-refractivity contribution in [2.75, 3.05) is 6.54 Å². The fraction of sp³-hybridized carbons (Fsp3) is 0.900. The Bertz CT molecular complexity index is 313. The van der Waals surface area contributed by atoms with Gasteiger partial charge in [0.05, 0.1) is 6.10 Å². The van der Waals surface area contributed by atoms with Crippen LogP contribution in [0.1, 0.15) is 19.3 Å². The lowest BCUT2D eigenvalue weighted by Gasteiger charge is -2.22. The molecule has 0 heterocycles. The average Bonchev–Trinajstić information content (AvgIpc) is 2.56. The van der Waals surface area contributed by atoms with Gasteiger partial charge in [-0.25, -0.2) is 0 Å². The van der Waals surface area contributed by atoms with Gasteiger partial charge < -0.3 is 10.4 Å². The molecule has 0 spiro atoms. The monoisotopic (exact) mass is 293 g/mol. The number of rotatable bonds is 3. The third-order valence-corrected chi connectivity index (χ3v) is 3.00. The van der Waals surface area contributed by atoms with E-state index < -0.39 is 30.3 Å². The molecule has 2 N–H and O–H groups in total. The summed E-state index contributed by atoms with van der Waals surface area (Å²) < 4.78 is 73.2. The summed E-state index contributed by atoms with van der Waals surface area (Å²) in [7, 11) is 0. The van der Waals surface area contributed by atoms with Gasteiger partial charge in [-0.3, -0.25) is 4.79 Å². The molecule has 0 aromatic heterocycles. The minimum atomic E-state index is -5.67. The summed E-state index contributed by atoms with van der Waals surface area (Å²) in [5.74, 6) is -6.39. The molecule has 2 unspecified atom stereocenters. The first-order valence-corrected chi connectivity index (χ1v) is 5.61. The van der Waals surface area contributed by atoms with Crippen molar-refractivity contribution >= 4 is 5.91 Å². The van der Waals surface area contributed by atoms with Crippen LogP contribution in [0, 0.1) is 11.8 Å². The SMILES string of the molecule is O=C(NCC1CCC(O)C1)C(C(F)(F)F)C(F)(F)F. The molecule has 0 aliphatic heterocycles. The van der Waals surface area contributed by atoms with E-state index in [4.69, 9.17) is 5.11 Å². The van der Waals surface area contributed by atoms with Gasteiger partial charge in [0.25, 0.3) is 0 Å². The van der Waals surface area contributed by atoms with Gasteiger partial charge in [0.1, 0.15) is 0 Å². The molecule has 1 saturated carbocycles. The fourth-order valence-electron chi connectivity index (χ4n) is 2.06. The number of aliphatic hydroxyl groups is 1. The largest absolute Gasteiger partial charge is 0.409 e. The zero-order chi connectivity index (χ0) is 14.8. The standard InChI is InChI=1S/C10H13F6NO2/c11-9(12,13)7(10(14,15)16)8(19)17-4-5-1-2-6(18)3-5/h5-7,18H,1-4H2,(H,17,19). The number of hydrogen-bond acceptors (Lipinski definition) is 2. The number of alkyl halides is 6. The van der Waals surface area contributed by atoms with Crippen molar-refractivity contribution in [1.29, 1.82) is 0 Å². The highest BCUT2D eigenvalue weighted by atomic mass is 19.4. The van der Waals surface area contributed by atoms with Crippen molar-refractivity contribution < 1.29 is 36.2 Å². The first-order chi connectivity index (χ1) is 8.51. The van der Waals surface area contributed by atoms with Crippen LogP contribution in [0.15, 0.2) is 0 Å². The van der Waals surface area contributed by atoms with Gasteiger partial charge in [-0.15, -0.1) is 0 Å². The Morgan fingerprint density at radius 2 is 1.68 bits per heavy atom. The first kappa shape index (κ1) is 16.1. The molecule has 2 atom stereocenters. The maximum Gasteiger partial charge on any atom is 0.409 e. The Morgan fingerprint density at radius 3 is 2.05 bits per heavy atom. The van der Waals surface area contributed by atoms with Crippen molar-refractivity contribution in [2.24, 2.45) is 11.8 Å². The second-order valence-electron chi connectivity index (χ2n) is 4.59. The molecule has 1 aliphatic carbocycles. The maximum atomic E-state index is 12.2. The van der Waals surface area contributed by atoms with Crippen molar-refractivity contribution in [3.8, 4) is 0 Å². The van der Waals surface area contributed by atoms with Crippen molar-refractivity contribution in [3.63, 3.8) is 0 Å². The zero-order valence-corrected chi connectivity index (χ0v) is 9.68. The van der Waals surface area contributed by atoms with E-state index >= 15 is 0 Å². The number of aliphatic hydroxyl groups excluding tert-OH is 1. The van der Waals surface area contributed by atoms with Gasteiger partial charge in [0.15, 0.2) is 0 Å². The lowest BCUT2D eigenvalue weighted by Crippen LogP contribution is -2.48. The number of hydrogen-bond donors (Lipinski definition) is 2. The lowest BCUT2D eigenvalue weighted by atomic mass is 10.1. The van der Waals surface area contributed by atoms with E-state index in [1.54, 1.807) is 5.32 Å². The third kappa shape index (κ3) is 4.55. The van der Waals surface area contributed by atoms with Gasteiger partial charge in [0, 0.05) is 6.54 Å². The Labute approximate surface area is 105 Å². The quantitative estimate of drug-likeness (QED) is 0.782. The highest BCUT2D eigenvalue weighted by molar-refractivity contribution is 5.80. The van der Waals surface area contributed by atoms with Crippen LogP contribution in [0.3, 0.4) is 0 Å². The molecule has 0 aromatic carbocycles. The van der Waals surface area contributed by atoms with Gasteiger partial charge >= 0.3 is 12.4 Å². The van der Waals surface area contributed by atoms with Crippen molar-refractivity contribution in [1.82, 2.24) is 5.32 Å². The molecule has 0 saturated heterocycles. The number of carbonyl (C=O) groups is 1. The van der Waals surface area contributed by atoms with Crippen LogP contribution in [0.2, 0.25) is 0 Å². The van der Waals surface area contributed by atoms with Gasteiger partial charge in [-0.2, -0.15) is 26.3 Å². The molecule has 3 nitrogen and oxygen atoms in total. The van der Waals surface area contributed by atoms with E-state index in [0.717, 1.165) is 0 Å². The molecule has 0 radical (unpaired) electrons. The second kappa shape index (κ2) is 5.56. The highest BCUT2D eigenvalue weighted by Gasteiger charge is 2.61. The lowest BCUT2D eigenvalue weighted by molar-refractivity contribution is -0.274. The molecule has 1 aliphatic rings.